The van der Waals surface area contributed by atoms with Crippen molar-refractivity contribution in [3.8, 4) is 11.5 Å². The molecule has 1 aromatic heterocycles. The monoisotopic (exact) mass is 362 g/mol. The van der Waals surface area contributed by atoms with Crippen molar-refractivity contribution in [2.75, 3.05) is 26.8 Å². The van der Waals surface area contributed by atoms with Gasteiger partial charge in [0.2, 0.25) is 0 Å². The van der Waals surface area contributed by atoms with Crippen LogP contribution in [0, 0.1) is 0 Å². The molecule has 0 amide bonds. The summed E-state index contributed by atoms with van der Waals surface area (Å²) < 4.78 is 10.9. The molecule has 0 aliphatic carbocycles. The molecule has 1 N–H and O–H groups in total. The standard InChI is InChI=1S/C23H26N2O2/c1-3-27-20-8-9-23-21(14-20)22(15-24-23)18-10-12-25(13-11-18)16-17-4-6-19(26-2)7-5-17/h4-10,14-15,24H,3,11-13,16H2,1-2H3. The molecule has 0 radical (unpaired) electrons. The molecule has 0 bridgehead atoms. The summed E-state index contributed by atoms with van der Waals surface area (Å²) in [6, 6.07) is 14.6. The van der Waals surface area contributed by atoms with Crippen LogP contribution in [0.1, 0.15) is 24.5 Å². The van der Waals surface area contributed by atoms with Gasteiger partial charge in [-0.2, -0.15) is 0 Å². The Kier molecular flexibility index (Phi) is 5.16. The number of hydrogen-bond acceptors (Lipinski definition) is 3. The van der Waals surface area contributed by atoms with Gasteiger partial charge in [-0.25, -0.2) is 0 Å². The molecule has 2 aromatic carbocycles. The average molecular weight is 362 g/mol. The Morgan fingerprint density at radius 2 is 1.89 bits per heavy atom. The average Bonchev–Trinajstić information content (AvgIpc) is 3.13. The number of aromatic nitrogens is 1. The van der Waals surface area contributed by atoms with Crippen molar-refractivity contribution < 1.29 is 9.47 Å². The third-order valence-corrected chi connectivity index (χ3v) is 5.17. The molecule has 2 heterocycles. The van der Waals surface area contributed by atoms with E-state index in [1.165, 1.54) is 22.1 Å². The second kappa shape index (κ2) is 7.89. The maximum atomic E-state index is 5.68. The van der Waals surface area contributed by atoms with E-state index in [2.05, 4.69) is 46.4 Å². The lowest BCUT2D eigenvalue weighted by Crippen LogP contribution is -2.27. The van der Waals surface area contributed by atoms with Crippen LogP contribution < -0.4 is 9.47 Å². The van der Waals surface area contributed by atoms with Crippen molar-refractivity contribution >= 4 is 16.5 Å². The first-order valence-corrected chi connectivity index (χ1v) is 9.55. The van der Waals surface area contributed by atoms with Crippen LogP contribution in [0.2, 0.25) is 0 Å². The third kappa shape index (κ3) is 3.86. The second-order valence-electron chi connectivity index (χ2n) is 6.91. The highest BCUT2D eigenvalue weighted by molar-refractivity contribution is 5.93. The number of methoxy groups -OCH3 is 1. The third-order valence-electron chi connectivity index (χ3n) is 5.17. The fourth-order valence-corrected chi connectivity index (χ4v) is 3.71. The molecule has 4 rings (SSSR count). The van der Waals surface area contributed by atoms with Crippen LogP contribution in [0.25, 0.3) is 16.5 Å². The summed E-state index contributed by atoms with van der Waals surface area (Å²) in [4.78, 5) is 5.87. The number of nitrogens with zero attached hydrogens (tertiary/aromatic N) is 1. The van der Waals surface area contributed by atoms with Crippen molar-refractivity contribution in [1.29, 1.82) is 0 Å². The van der Waals surface area contributed by atoms with E-state index in [4.69, 9.17) is 9.47 Å². The van der Waals surface area contributed by atoms with Crippen molar-refractivity contribution in [3.63, 3.8) is 0 Å². The number of benzene rings is 2. The van der Waals surface area contributed by atoms with Gasteiger partial charge in [0.25, 0.3) is 0 Å². The van der Waals surface area contributed by atoms with E-state index in [1.807, 2.05) is 25.1 Å². The summed E-state index contributed by atoms with van der Waals surface area (Å²) in [5, 5.41) is 1.25. The normalized spacial score (nSPS) is 15.0. The maximum Gasteiger partial charge on any atom is 0.120 e. The number of nitrogens with one attached hydrogen (secondary N) is 1. The van der Waals surface area contributed by atoms with Crippen LogP contribution in [0.4, 0.5) is 0 Å². The fourth-order valence-electron chi connectivity index (χ4n) is 3.71. The topological polar surface area (TPSA) is 37.5 Å². The fraction of sp³-hybridized carbons (Fsp3) is 0.304. The Hall–Kier alpha value is -2.72. The van der Waals surface area contributed by atoms with Gasteiger partial charge in [0.1, 0.15) is 11.5 Å². The number of H-pyrrole nitrogens is 1. The minimum Gasteiger partial charge on any atom is -0.497 e. The highest BCUT2D eigenvalue weighted by Crippen LogP contribution is 2.31. The van der Waals surface area contributed by atoms with Gasteiger partial charge in [0.05, 0.1) is 13.7 Å². The summed E-state index contributed by atoms with van der Waals surface area (Å²) in [6.45, 7) is 5.71. The van der Waals surface area contributed by atoms with Gasteiger partial charge in [-0.1, -0.05) is 18.2 Å². The van der Waals surface area contributed by atoms with E-state index >= 15 is 0 Å². The van der Waals surface area contributed by atoms with Crippen molar-refractivity contribution in [2.45, 2.75) is 19.9 Å². The molecule has 4 nitrogen and oxygen atoms in total. The smallest absolute Gasteiger partial charge is 0.120 e. The van der Waals surface area contributed by atoms with E-state index in [0.29, 0.717) is 6.61 Å². The van der Waals surface area contributed by atoms with Gasteiger partial charge in [-0.05, 0) is 54.8 Å². The first kappa shape index (κ1) is 17.7. The Balaban J connectivity index is 1.48. The molecule has 0 saturated heterocycles. The number of ether oxygens (including phenoxy) is 2. The zero-order chi connectivity index (χ0) is 18.6. The van der Waals surface area contributed by atoms with E-state index in [-0.39, 0.29) is 0 Å². The van der Waals surface area contributed by atoms with Crippen LogP contribution in [-0.2, 0) is 6.54 Å². The first-order valence-electron chi connectivity index (χ1n) is 9.55. The van der Waals surface area contributed by atoms with E-state index in [0.717, 1.165) is 43.1 Å². The molecule has 3 aromatic rings. The summed E-state index contributed by atoms with van der Waals surface area (Å²) in [5.74, 6) is 1.84. The number of aromatic amines is 1. The second-order valence-corrected chi connectivity index (χ2v) is 6.91. The molecule has 140 valence electrons. The van der Waals surface area contributed by atoms with Crippen LogP contribution in [0.3, 0.4) is 0 Å². The minimum atomic E-state index is 0.689. The van der Waals surface area contributed by atoms with Crippen LogP contribution in [0.5, 0.6) is 11.5 Å². The van der Waals surface area contributed by atoms with Gasteiger partial charge in [0.15, 0.2) is 0 Å². The molecular weight excluding hydrogens is 336 g/mol. The van der Waals surface area contributed by atoms with E-state index in [9.17, 15) is 0 Å². The molecule has 0 fully saturated rings. The van der Waals surface area contributed by atoms with Gasteiger partial charge in [-0.15, -0.1) is 0 Å². The molecule has 1 aliphatic rings. The van der Waals surface area contributed by atoms with Crippen LogP contribution in [0.15, 0.2) is 54.7 Å². The summed E-state index contributed by atoms with van der Waals surface area (Å²) in [7, 11) is 1.70. The van der Waals surface area contributed by atoms with Gasteiger partial charge in [0, 0.05) is 42.3 Å². The highest BCUT2D eigenvalue weighted by Gasteiger charge is 2.16. The van der Waals surface area contributed by atoms with Gasteiger partial charge >= 0.3 is 0 Å². The number of rotatable bonds is 6. The highest BCUT2D eigenvalue weighted by atomic mass is 16.5. The largest absolute Gasteiger partial charge is 0.497 e. The summed E-state index contributed by atoms with van der Waals surface area (Å²) >= 11 is 0. The zero-order valence-corrected chi connectivity index (χ0v) is 16.0. The Morgan fingerprint density at radius 3 is 2.59 bits per heavy atom. The number of fused-ring (bicyclic) bond motifs is 1. The molecule has 1 aliphatic heterocycles. The predicted octanol–water partition coefficient (Wildman–Crippen LogP) is 4.86. The Morgan fingerprint density at radius 1 is 1.07 bits per heavy atom. The SMILES string of the molecule is CCOc1ccc2[nH]cc(C3=CCN(Cc4ccc(OC)cc4)CC3)c2c1. The Bertz CT molecular complexity index is 941. The van der Waals surface area contributed by atoms with Gasteiger partial charge < -0.3 is 14.5 Å². The van der Waals surface area contributed by atoms with Crippen LogP contribution in [-0.4, -0.2) is 36.7 Å². The zero-order valence-electron chi connectivity index (χ0n) is 16.0. The molecule has 0 saturated carbocycles. The van der Waals surface area contributed by atoms with E-state index in [1.54, 1.807) is 7.11 Å². The minimum absolute atomic E-state index is 0.689. The Labute approximate surface area is 160 Å². The molecule has 0 unspecified atom stereocenters. The molecule has 4 heteroatoms. The van der Waals surface area contributed by atoms with Crippen molar-refractivity contribution in [3.05, 3.63) is 65.9 Å². The van der Waals surface area contributed by atoms with Crippen molar-refractivity contribution in [2.24, 2.45) is 0 Å². The lowest BCUT2D eigenvalue weighted by atomic mass is 9.98. The molecule has 27 heavy (non-hydrogen) atoms. The molecule has 0 spiro atoms. The lowest BCUT2D eigenvalue weighted by Gasteiger charge is -2.26. The van der Waals surface area contributed by atoms with Gasteiger partial charge in [-0.3, -0.25) is 4.90 Å². The van der Waals surface area contributed by atoms with E-state index < -0.39 is 0 Å². The predicted molar refractivity (Wildman–Crippen MR) is 110 cm³/mol. The summed E-state index contributed by atoms with van der Waals surface area (Å²) in [6.07, 6.45) is 5.55. The summed E-state index contributed by atoms with van der Waals surface area (Å²) in [5.41, 5.74) is 5.20. The first-order chi connectivity index (χ1) is 13.3. The molecular formula is C23H26N2O2. The number of hydrogen-bond donors (Lipinski definition) is 1. The molecule has 0 atom stereocenters. The quantitative estimate of drug-likeness (QED) is 0.680. The maximum absolute atomic E-state index is 5.68. The van der Waals surface area contributed by atoms with Crippen molar-refractivity contribution in [1.82, 2.24) is 9.88 Å². The lowest BCUT2D eigenvalue weighted by molar-refractivity contribution is 0.294. The van der Waals surface area contributed by atoms with Crippen LogP contribution >= 0.6 is 0 Å².